The zero-order chi connectivity index (χ0) is 12.1. The van der Waals surface area contributed by atoms with E-state index in [4.69, 9.17) is 4.74 Å². The number of aromatic amines is 1. The lowest BCUT2D eigenvalue weighted by atomic mass is 10.2. The van der Waals surface area contributed by atoms with Crippen molar-refractivity contribution in [1.82, 2.24) is 4.98 Å². The van der Waals surface area contributed by atoms with Crippen LogP contribution in [-0.2, 0) is 9.47 Å². The highest BCUT2D eigenvalue weighted by atomic mass is 16.5. The summed E-state index contributed by atoms with van der Waals surface area (Å²) in [6.07, 6.45) is 1.35. The molecule has 0 radical (unpaired) electrons. The average Bonchev–Trinajstić information content (AvgIpc) is 2.71. The fourth-order valence-corrected chi connectivity index (χ4v) is 1.24. The molecule has 1 heterocycles. The van der Waals surface area contributed by atoms with Crippen molar-refractivity contribution in [3.8, 4) is 5.88 Å². The van der Waals surface area contributed by atoms with Gasteiger partial charge in [-0.15, -0.1) is 0 Å². The number of rotatable bonds is 4. The van der Waals surface area contributed by atoms with Gasteiger partial charge in [-0.3, -0.25) is 0 Å². The summed E-state index contributed by atoms with van der Waals surface area (Å²) < 4.78 is 14.3. The van der Waals surface area contributed by atoms with Crippen molar-refractivity contribution in [2.45, 2.75) is 6.92 Å². The van der Waals surface area contributed by atoms with Gasteiger partial charge in [0.15, 0.2) is 0 Å². The number of ether oxygens (including phenoxy) is 3. The number of hydrogen-bond donors (Lipinski definition) is 1. The molecule has 88 valence electrons. The molecule has 0 aromatic carbocycles. The monoisotopic (exact) mass is 227 g/mol. The lowest BCUT2D eigenvalue weighted by Crippen LogP contribution is -2.10. The van der Waals surface area contributed by atoms with Gasteiger partial charge in [0.05, 0.1) is 26.4 Å². The Hall–Kier alpha value is -1.98. The van der Waals surface area contributed by atoms with Gasteiger partial charge in [0.25, 0.3) is 0 Å². The van der Waals surface area contributed by atoms with E-state index in [1.54, 1.807) is 6.92 Å². The molecule has 1 aromatic heterocycles. The number of esters is 2. The number of nitrogens with one attached hydrogen (secondary N) is 1. The molecule has 0 amide bonds. The van der Waals surface area contributed by atoms with Crippen LogP contribution in [0.15, 0.2) is 6.20 Å². The van der Waals surface area contributed by atoms with Gasteiger partial charge in [-0.1, -0.05) is 0 Å². The summed E-state index contributed by atoms with van der Waals surface area (Å²) in [5, 5.41) is 0. The molecule has 0 aliphatic rings. The van der Waals surface area contributed by atoms with E-state index in [9.17, 15) is 9.59 Å². The molecule has 0 saturated carbocycles. The van der Waals surface area contributed by atoms with Gasteiger partial charge in [0.2, 0.25) is 5.88 Å². The molecular weight excluding hydrogens is 214 g/mol. The molecule has 0 saturated heterocycles. The summed E-state index contributed by atoms with van der Waals surface area (Å²) in [5.74, 6) is -1.07. The first-order valence-corrected chi connectivity index (χ1v) is 4.66. The maximum Gasteiger partial charge on any atom is 0.344 e. The highest BCUT2D eigenvalue weighted by Crippen LogP contribution is 2.23. The molecule has 0 bridgehead atoms. The van der Waals surface area contributed by atoms with Crippen molar-refractivity contribution in [2.24, 2.45) is 0 Å². The molecule has 0 aliphatic carbocycles. The third-order valence-electron chi connectivity index (χ3n) is 1.93. The van der Waals surface area contributed by atoms with Crippen molar-refractivity contribution in [2.75, 3.05) is 20.8 Å². The average molecular weight is 227 g/mol. The Balaban J connectivity index is 3.19. The van der Waals surface area contributed by atoms with E-state index >= 15 is 0 Å². The van der Waals surface area contributed by atoms with E-state index < -0.39 is 11.9 Å². The number of carbonyl (C=O) groups excluding carboxylic acids is 2. The Labute approximate surface area is 92.5 Å². The van der Waals surface area contributed by atoms with E-state index in [0.717, 1.165) is 0 Å². The van der Waals surface area contributed by atoms with Gasteiger partial charge >= 0.3 is 11.9 Å². The first-order chi connectivity index (χ1) is 7.65. The number of H-pyrrole nitrogens is 1. The molecule has 16 heavy (non-hydrogen) atoms. The molecule has 1 rings (SSSR count). The van der Waals surface area contributed by atoms with Crippen LogP contribution in [0.25, 0.3) is 0 Å². The molecular formula is C10H13NO5. The molecule has 0 aliphatic heterocycles. The Morgan fingerprint density at radius 3 is 2.38 bits per heavy atom. The van der Waals surface area contributed by atoms with Crippen molar-refractivity contribution < 1.29 is 23.8 Å². The quantitative estimate of drug-likeness (QED) is 0.776. The van der Waals surface area contributed by atoms with Gasteiger partial charge in [0.1, 0.15) is 5.56 Å². The first-order valence-electron chi connectivity index (χ1n) is 4.66. The Morgan fingerprint density at radius 2 is 1.88 bits per heavy atom. The van der Waals surface area contributed by atoms with E-state index in [1.165, 1.54) is 20.4 Å². The van der Waals surface area contributed by atoms with E-state index in [1.807, 2.05) is 0 Å². The largest absolute Gasteiger partial charge is 0.479 e. The Bertz CT molecular complexity index is 396. The molecule has 0 atom stereocenters. The fraction of sp³-hybridized carbons (Fsp3) is 0.400. The number of hydrogen-bond acceptors (Lipinski definition) is 5. The Kier molecular flexibility index (Phi) is 3.93. The van der Waals surface area contributed by atoms with Crippen LogP contribution in [0, 0.1) is 0 Å². The van der Waals surface area contributed by atoms with Crippen LogP contribution in [0.4, 0.5) is 0 Å². The summed E-state index contributed by atoms with van der Waals surface area (Å²) in [4.78, 5) is 25.5. The van der Waals surface area contributed by atoms with E-state index in [2.05, 4.69) is 14.5 Å². The van der Waals surface area contributed by atoms with Gasteiger partial charge in [-0.2, -0.15) is 0 Å². The third-order valence-corrected chi connectivity index (χ3v) is 1.93. The molecule has 0 fully saturated rings. The fourth-order valence-electron chi connectivity index (χ4n) is 1.24. The van der Waals surface area contributed by atoms with E-state index in [-0.39, 0.29) is 17.0 Å². The normalized spacial score (nSPS) is 9.69. The third kappa shape index (κ3) is 2.16. The number of carbonyl (C=O) groups is 2. The molecule has 6 nitrogen and oxygen atoms in total. The zero-order valence-corrected chi connectivity index (χ0v) is 9.33. The van der Waals surface area contributed by atoms with Gasteiger partial charge in [0, 0.05) is 6.20 Å². The lowest BCUT2D eigenvalue weighted by Gasteiger charge is -2.04. The van der Waals surface area contributed by atoms with Crippen LogP contribution in [-0.4, -0.2) is 37.7 Å². The van der Waals surface area contributed by atoms with Crippen LogP contribution in [0.3, 0.4) is 0 Å². The first kappa shape index (κ1) is 12.1. The summed E-state index contributed by atoms with van der Waals surface area (Å²) in [7, 11) is 2.46. The van der Waals surface area contributed by atoms with Crippen LogP contribution < -0.4 is 4.74 Å². The van der Waals surface area contributed by atoms with Crippen molar-refractivity contribution in [3.63, 3.8) is 0 Å². The Morgan fingerprint density at radius 1 is 1.25 bits per heavy atom. The molecule has 1 N–H and O–H groups in total. The molecule has 0 spiro atoms. The summed E-state index contributed by atoms with van der Waals surface area (Å²) in [6, 6.07) is 0. The summed E-state index contributed by atoms with van der Waals surface area (Å²) in [5.41, 5.74) is 0.147. The predicted octanol–water partition coefficient (Wildman–Crippen LogP) is 0.987. The highest BCUT2D eigenvalue weighted by Gasteiger charge is 2.25. The minimum atomic E-state index is -0.648. The molecule has 6 heteroatoms. The topological polar surface area (TPSA) is 77.6 Å². The maximum absolute atomic E-state index is 11.5. The second kappa shape index (κ2) is 5.20. The van der Waals surface area contributed by atoms with Crippen molar-refractivity contribution >= 4 is 11.9 Å². The van der Waals surface area contributed by atoms with Crippen LogP contribution in [0.5, 0.6) is 5.88 Å². The second-order valence-corrected chi connectivity index (χ2v) is 2.82. The summed E-state index contributed by atoms with van der Waals surface area (Å²) in [6.45, 7) is 2.13. The van der Waals surface area contributed by atoms with Gasteiger partial charge in [-0.25, -0.2) is 9.59 Å². The minimum Gasteiger partial charge on any atom is -0.479 e. The van der Waals surface area contributed by atoms with Crippen LogP contribution in [0.2, 0.25) is 0 Å². The van der Waals surface area contributed by atoms with Gasteiger partial charge < -0.3 is 19.2 Å². The van der Waals surface area contributed by atoms with Crippen LogP contribution in [0.1, 0.15) is 27.6 Å². The number of aromatic nitrogens is 1. The standard InChI is InChI=1S/C10H13NO5/c1-4-16-8-7(10(13)15-3)6(5-11-8)9(12)14-2/h5,11H,4H2,1-3H3. The minimum absolute atomic E-state index is 0.0520. The molecule has 1 aromatic rings. The highest BCUT2D eigenvalue weighted by molar-refractivity contribution is 6.04. The van der Waals surface area contributed by atoms with E-state index in [0.29, 0.717) is 6.61 Å². The van der Waals surface area contributed by atoms with Gasteiger partial charge in [-0.05, 0) is 6.92 Å². The SMILES string of the molecule is CCOc1[nH]cc(C(=O)OC)c1C(=O)OC. The lowest BCUT2D eigenvalue weighted by molar-refractivity contribution is 0.0553. The zero-order valence-electron chi connectivity index (χ0n) is 9.33. The smallest absolute Gasteiger partial charge is 0.344 e. The second-order valence-electron chi connectivity index (χ2n) is 2.82. The number of methoxy groups -OCH3 is 2. The summed E-state index contributed by atoms with van der Waals surface area (Å²) >= 11 is 0. The van der Waals surface area contributed by atoms with Crippen molar-refractivity contribution in [3.05, 3.63) is 17.3 Å². The molecule has 0 unspecified atom stereocenters. The van der Waals surface area contributed by atoms with Crippen LogP contribution >= 0.6 is 0 Å². The maximum atomic E-state index is 11.5. The van der Waals surface area contributed by atoms with Crippen molar-refractivity contribution in [1.29, 1.82) is 0 Å². The predicted molar refractivity (Wildman–Crippen MR) is 54.6 cm³/mol.